The van der Waals surface area contributed by atoms with Gasteiger partial charge in [-0.3, -0.25) is 0 Å². The molecule has 1 aliphatic rings. The maximum atomic E-state index is 5.30. The second-order valence-corrected chi connectivity index (χ2v) is 14.2. The largest absolute Gasteiger partial charge is 0.308 e. The maximum absolute atomic E-state index is 5.30. The van der Waals surface area contributed by atoms with Crippen LogP contribution in [0.5, 0.6) is 0 Å². The molecule has 3 heteroatoms. The maximum Gasteiger partial charge on any atom is 0.0716 e. The summed E-state index contributed by atoms with van der Waals surface area (Å²) in [5.41, 5.74) is 16.0. The van der Waals surface area contributed by atoms with E-state index in [1.165, 1.54) is 59.8 Å². The summed E-state index contributed by atoms with van der Waals surface area (Å²) in [5.74, 6) is 0. The highest BCUT2D eigenvalue weighted by molar-refractivity contribution is 7.99. The zero-order valence-corrected chi connectivity index (χ0v) is 29.1. The van der Waals surface area contributed by atoms with Crippen LogP contribution >= 0.6 is 11.8 Å². The molecule has 0 spiro atoms. The molecule has 7 aromatic carbocycles. The Bertz CT molecular complexity index is 2690. The second kappa shape index (κ2) is 12.7. The Balaban J connectivity index is 1.28. The lowest BCUT2D eigenvalue weighted by Gasteiger charge is -2.17. The third-order valence-electron chi connectivity index (χ3n) is 9.99. The molecular formula is C49H32N2S. The van der Waals surface area contributed by atoms with Gasteiger partial charge in [-0.15, -0.1) is 0 Å². The van der Waals surface area contributed by atoms with Crippen molar-refractivity contribution < 1.29 is 0 Å². The first-order chi connectivity index (χ1) is 25.8. The summed E-state index contributed by atoms with van der Waals surface area (Å²) in [5, 5.41) is 1.24. The molecule has 0 fully saturated rings. The molecule has 9 aromatic rings. The molecule has 0 amide bonds. The molecule has 1 aliphatic heterocycles. The zero-order valence-electron chi connectivity index (χ0n) is 28.3. The van der Waals surface area contributed by atoms with Crippen molar-refractivity contribution >= 4 is 22.7 Å². The number of para-hydroxylation sites is 1. The quantitative estimate of drug-likeness (QED) is 0.180. The van der Waals surface area contributed by atoms with Crippen molar-refractivity contribution in [3.8, 4) is 72.8 Å². The molecule has 2 nitrogen and oxygen atoms in total. The number of pyridine rings is 1. The summed E-state index contributed by atoms with van der Waals surface area (Å²) in [6.45, 7) is 0. The van der Waals surface area contributed by atoms with Crippen molar-refractivity contribution in [2.24, 2.45) is 0 Å². The number of nitrogens with zero attached hydrogens (tertiary/aromatic N) is 2. The Morgan fingerprint density at radius 3 is 1.65 bits per heavy atom. The molecule has 0 N–H and O–H groups in total. The van der Waals surface area contributed by atoms with Crippen molar-refractivity contribution in [2.45, 2.75) is 9.79 Å². The SMILES string of the molecule is c1ccc(-c2cc(-c3ccccc3)nc(-c3cccc(-n4c5c(c6cccc(-c7ccccc7)c64)-c4ccccc4Sc4ccccc4-5)c3)c2)cc1. The molecule has 244 valence electrons. The first-order valence-corrected chi connectivity index (χ1v) is 18.4. The van der Waals surface area contributed by atoms with Crippen molar-refractivity contribution in [3.63, 3.8) is 0 Å². The second-order valence-electron chi connectivity index (χ2n) is 13.1. The zero-order chi connectivity index (χ0) is 34.4. The molecule has 3 heterocycles. The molecule has 0 aliphatic carbocycles. The summed E-state index contributed by atoms with van der Waals surface area (Å²) in [6.07, 6.45) is 0. The van der Waals surface area contributed by atoms with E-state index in [0.29, 0.717) is 0 Å². The Morgan fingerprint density at radius 2 is 0.923 bits per heavy atom. The number of fused-ring (bicyclic) bond motifs is 7. The van der Waals surface area contributed by atoms with Gasteiger partial charge in [0.15, 0.2) is 0 Å². The van der Waals surface area contributed by atoms with Crippen LogP contribution in [0.15, 0.2) is 204 Å². The lowest BCUT2D eigenvalue weighted by molar-refractivity contribution is 1.13. The number of rotatable bonds is 5. The number of hydrogen-bond acceptors (Lipinski definition) is 2. The first kappa shape index (κ1) is 30.4. The van der Waals surface area contributed by atoms with E-state index in [1.54, 1.807) is 0 Å². The summed E-state index contributed by atoms with van der Waals surface area (Å²) >= 11 is 1.85. The molecule has 52 heavy (non-hydrogen) atoms. The first-order valence-electron chi connectivity index (χ1n) is 17.6. The van der Waals surface area contributed by atoms with E-state index in [0.717, 1.165) is 33.8 Å². The average molecular weight is 681 g/mol. The van der Waals surface area contributed by atoms with Crippen molar-refractivity contribution in [1.29, 1.82) is 0 Å². The summed E-state index contributed by atoms with van der Waals surface area (Å²) in [6, 6.07) is 69.7. The molecule has 0 saturated carbocycles. The molecule has 10 rings (SSSR count). The van der Waals surface area contributed by atoms with Gasteiger partial charge >= 0.3 is 0 Å². The monoisotopic (exact) mass is 680 g/mol. The van der Waals surface area contributed by atoms with E-state index in [2.05, 4.69) is 199 Å². The van der Waals surface area contributed by atoms with Gasteiger partial charge in [0, 0.05) is 48.7 Å². The molecule has 0 radical (unpaired) electrons. The van der Waals surface area contributed by atoms with Crippen LogP contribution in [0, 0.1) is 0 Å². The fraction of sp³-hybridized carbons (Fsp3) is 0. The summed E-state index contributed by atoms with van der Waals surface area (Å²) in [7, 11) is 0. The van der Waals surface area contributed by atoms with Gasteiger partial charge in [0.25, 0.3) is 0 Å². The van der Waals surface area contributed by atoms with Crippen LogP contribution in [-0.2, 0) is 0 Å². The van der Waals surface area contributed by atoms with Crippen molar-refractivity contribution in [2.75, 3.05) is 0 Å². The third kappa shape index (κ3) is 5.17. The lowest BCUT2D eigenvalue weighted by atomic mass is 9.96. The number of benzene rings is 7. The van der Waals surface area contributed by atoms with Crippen LogP contribution in [0.4, 0.5) is 0 Å². The molecule has 0 bridgehead atoms. The van der Waals surface area contributed by atoms with E-state index < -0.39 is 0 Å². The molecule has 0 unspecified atom stereocenters. The van der Waals surface area contributed by atoms with Gasteiger partial charge in [-0.05, 0) is 58.7 Å². The highest BCUT2D eigenvalue weighted by Gasteiger charge is 2.29. The van der Waals surface area contributed by atoms with Gasteiger partial charge < -0.3 is 4.57 Å². The van der Waals surface area contributed by atoms with Crippen LogP contribution < -0.4 is 0 Å². The van der Waals surface area contributed by atoms with Crippen molar-refractivity contribution in [1.82, 2.24) is 9.55 Å². The fourth-order valence-corrected chi connectivity index (χ4v) is 8.73. The number of hydrogen-bond donors (Lipinski definition) is 0. The smallest absolute Gasteiger partial charge is 0.0716 e. The Hall–Kier alpha value is -6.42. The van der Waals surface area contributed by atoms with Gasteiger partial charge in [-0.2, -0.15) is 0 Å². The van der Waals surface area contributed by atoms with Crippen LogP contribution in [0.25, 0.3) is 83.7 Å². The van der Waals surface area contributed by atoms with Gasteiger partial charge in [0.05, 0.1) is 22.6 Å². The van der Waals surface area contributed by atoms with Crippen LogP contribution in [-0.4, -0.2) is 9.55 Å². The van der Waals surface area contributed by atoms with Gasteiger partial charge in [-0.1, -0.05) is 169 Å². The van der Waals surface area contributed by atoms with E-state index >= 15 is 0 Å². The minimum absolute atomic E-state index is 0.939. The van der Waals surface area contributed by atoms with Crippen molar-refractivity contribution in [3.05, 3.63) is 194 Å². The minimum atomic E-state index is 0.939. The number of aromatic nitrogens is 2. The van der Waals surface area contributed by atoms with Gasteiger partial charge in [0.1, 0.15) is 0 Å². The summed E-state index contributed by atoms with van der Waals surface area (Å²) < 4.78 is 2.51. The minimum Gasteiger partial charge on any atom is -0.308 e. The van der Waals surface area contributed by atoms with E-state index in [1.807, 2.05) is 11.8 Å². The van der Waals surface area contributed by atoms with E-state index in [4.69, 9.17) is 4.98 Å². The lowest BCUT2D eigenvalue weighted by Crippen LogP contribution is -2.00. The Kier molecular flexibility index (Phi) is 7.44. The fourth-order valence-electron chi connectivity index (χ4n) is 7.64. The molecular weight excluding hydrogens is 649 g/mol. The standard InChI is InChI=1S/C49H32N2S/c1-4-16-33(17-5-1)37-31-43(35-20-8-3-9-21-35)50-44(32-37)36-22-14-23-38(30-36)51-48-39(34-18-6-2-7-19-34)26-15-27-42(48)47-40-24-10-12-28-45(40)52-46-29-13-11-25-41(46)49(47)51/h1-32H. The topological polar surface area (TPSA) is 17.8 Å². The normalized spacial score (nSPS) is 11.8. The molecule has 0 atom stereocenters. The Labute approximate surface area is 307 Å². The average Bonchev–Trinajstić information content (AvgIpc) is 3.49. The predicted molar refractivity (Wildman–Crippen MR) is 218 cm³/mol. The highest BCUT2D eigenvalue weighted by atomic mass is 32.2. The van der Waals surface area contributed by atoms with Gasteiger partial charge in [0.2, 0.25) is 0 Å². The van der Waals surface area contributed by atoms with E-state index in [9.17, 15) is 0 Å². The van der Waals surface area contributed by atoms with Crippen LogP contribution in [0.1, 0.15) is 0 Å². The Morgan fingerprint density at radius 1 is 0.385 bits per heavy atom. The van der Waals surface area contributed by atoms with Crippen LogP contribution in [0.2, 0.25) is 0 Å². The molecule has 2 aromatic heterocycles. The summed E-state index contributed by atoms with van der Waals surface area (Å²) in [4.78, 5) is 7.82. The highest BCUT2D eigenvalue weighted by Crippen LogP contribution is 2.53. The van der Waals surface area contributed by atoms with Gasteiger partial charge in [-0.25, -0.2) is 4.98 Å². The van der Waals surface area contributed by atoms with Crippen LogP contribution in [0.3, 0.4) is 0 Å². The molecule has 0 saturated heterocycles. The predicted octanol–water partition coefficient (Wildman–Crippen LogP) is 13.5. The van der Waals surface area contributed by atoms with E-state index in [-0.39, 0.29) is 0 Å². The third-order valence-corrected chi connectivity index (χ3v) is 11.1.